The van der Waals surface area contributed by atoms with Crippen molar-refractivity contribution in [3.05, 3.63) is 77.3 Å². The van der Waals surface area contributed by atoms with Gasteiger partial charge in [-0.15, -0.1) is 0 Å². The number of hydrogen-bond donors (Lipinski definition) is 1. The number of rotatable bonds is 6. The minimum Gasteiger partial charge on any atom is -0.378 e. The Kier molecular flexibility index (Phi) is 6.48. The summed E-state index contributed by atoms with van der Waals surface area (Å²) < 4.78 is 22.0. The van der Waals surface area contributed by atoms with Gasteiger partial charge in [0.15, 0.2) is 5.69 Å². The first-order chi connectivity index (χ1) is 16.5. The molecule has 5 rings (SSSR count). The minimum atomic E-state index is -0.174. The van der Waals surface area contributed by atoms with Gasteiger partial charge >= 0.3 is 0 Å². The average molecular weight is 463 g/mol. The Morgan fingerprint density at radius 1 is 1.12 bits per heavy atom. The molecular formula is C27H31FN4O2. The monoisotopic (exact) mass is 462 g/mol. The van der Waals surface area contributed by atoms with E-state index in [2.05, 4.69) is 35.2 Å². The highest BCUT2D eigenvalue weighted by molar-refractivity contribution is 6.05. The average Bonchev–Trinajstić information content (AvgIpc) is 3.18. The number of halogens is 1. The largest absolute Gasteiger partial charge is 0.378 e. The SMILES string of the molecule is CC(C)=CCn1nc(C(=O)N[C@H]2C[C@H]3COC[C@@H](C2)N3Cc2ccccc2F)c2ccccc21. The molecule has 3 atom stereocenters. The molecule has 7 heteroatoms. The lowest BCUT2D eigenvalue weighted by atomic mass is 9.89. The highest BCUT2D eigenvalue weighted by Gasteiger charge is 2.40. The molecule has 2 aromatic carbocycles. The molecule has 0 radical (unpaired) electrons. The molecule has 1 N–H and O–H groups in total. The molecule has 2 bridgehead atoms. The molecule has 3 heterocycles. The fraction of sp³-hybridized carbons (Fsp3) is 0.407. The molecule has 2 saturated heterocycles. The van der Waals surface area contributed by atoms with Crippen LogP contribution in [-0.4, -0.2) is 51.9 Å². The van der Waals surface area contributed by atoms with Crippen molar-refractivity contribution in [2.45, 2.75) is 57.9 Å². The summed E-state index contributed by atoms with van der Waals surface area (Å²) in [6.07, 6.45) is 3.65. The summed E-state index contributed by atoms with van der Waals surface area (Å²) in [7, 11) is 0. The van der Waals surface area contributed by atoms with Gasteiger partial charge in [-0.3, -0.25) is 14.4 Å². The molecule has 0 aliphatic carbocycles. The van der Waals surface area contributed by atoms with Crippen LogP contribution in [0, 0.1) is 5.82 Å². The third-order valence-corrected chi connectivity index (χ3v) is 6.86. The van der Waals surface area contributed by atoms with Crippen molar-refractivity contribution in [1.82, 2.24) is 20.0 Å². The van der Waals surface area contributed by atoms with Crippen LogP contribution in [0.3, 0.4) is 0 Å². The first-order valence-electron chi connectivity index (χ1n) is 12.0. The van der Waals surface area contributed by atoms with Crippen molar-refractivity contribution in [3.8, 4) is 0 Å². The molecular weight excluding hydrogens is 431 g/mol. The summed E-state index contributed by atoms with van der Waals surface area (Å²) in [6, 6.07) is 15.1. The summed E-state index contributed by atoms with van der Waals surface area (Å²) in [5.74, 6) is -0.314. The van der Waals surface area contributed by atoms with Gasteiger partial charge < -0.3 is 10.1 Å². The number of allylic oxidation sites excluding steroid dienone is 2. The summed E-state index contributed by atoms with van der Waals surface area (Å²) in [6.45, 7) is 6.49. The number of morpholine rings is 1. The topological polar surface area (TPSA) is 59.4 Å². The van der Waals surface area contributed by atoms with Gasteiger partial charge in [0.1, 0.15) is 5.82 Å². The molecule has 0 spiro atoms. The van der Waals surface area contributed by atoms with Crippen molar-refractivity contribution in [2.24, 2.45) is 0 Å². The molecule has 0 saturated carbocycles. The number of benzene rings is 2. The van der Waals surface area contributed by atoms with Crippen molar-refractivity contribution in [1.29, 1.82) is 0 Å². The van der Waals surface area contributed by atoms with Crippen LogP contribution in [0.15, 0.2) is 60.2 Å². The van der Waals surface area contributed by atoms with Gasteiger partial charge in [-0.2, -0.15) is 5.10 Å². The fourth-order valence-electron chi connectivity index (χ4n) is 5.15. The Bertz CT molecular complexity index is 1200. The first kappa shape index (κ1) is 22.7. The molecule has 0 unspecified atom stereocenters. The van der Waals surface area contributed by atoms with Crippen LogP contribution in [0.1, 0.15) is 42.7 Å². The third kappa shape index (κ3) is 4.63. The number of carbonyl (C=O) groups excluding carboxylic acids is 1. The summed E-state index contributed by atoms with van der Waals surface area (Å²) >= 11 is 0. The fourth-order valence-corrected chi connectivity index (χ4v) is 5.15. The standard InChI is InChI=1S/C27H31FN4O2/c1-18(2)11-12-32-25-10-6-4-8-23(25)26(30-32)27(33)29-20-13-21-16-34-17-22(14-20)31(21)15-19-7-3-5-9-24(19)28/h3-11,20-22H,12-17H2,1-2H3,(H,29,33)/t20-,21-,22+. The summed E-state index contributed by atoms with van der Waals surface area (Å²) in [4.78, 5) is 15.7. The summed E-state index contributed by atoms with van der Waals surface area (Å²) in [5, 5.41) is 8.77. The van der Waals surface area contributed by atoms with Crippen LogP contribution >= 0.6 is 0 Å². The number of para-hydroxylation sites is 1. The Morgan fingerprint density at radius 2 is 1.82 bits per heavy atom. The Labute approximate surface area is 199 Å². The minimum absolute atomic E-state index is 0.0324. The predicted molar refractivity (Wildman–Crippen MR) is 130 cm³/mol. The third-order valence-electron chi connectivity index (χ3n) is 6.86. The van der Waals surface area contributed by atoms with E-state index in [4.69, 9.17) is 4.74 Å². The van der Waals surface area contributed by atoms with E-state index in [1.165, 1.54) is 11.6 Å². The van der Waals surface area contributed by atoms with E-state index in [-0.39, 0.29) is 29.8 Å². The van der Waals surface area contributed by atoms with Gasteiger partial charge in [-0.25, -0.2) is 4.39 Å². The second-order valence-corrected chi connectivity index (χ2v) is 9.58. The van der Waals surface area contributed by atoms with E-state index in [0.29, 0.717) is 37.6 Å². The van der Waals surface area contributed by atoms with Crippen LogP contribution < -0.4 is 5.32 Å². The van der Waals surface area contributed by atoms with E-state index in [1.54, 1.807) is 6.07 Å². The van der Waals surface area contributed by atoms with Gasteiger partial charge in [0.05, 0.1) is 25.3 Å². The van der Waals surface area contributed by atoms with Crippen molar-refractivity contribution < 1.29 is 13.9 Å². The van der Waals surface area contributed by atoms with E-state index in [0.717, 1.165) is 23.7 Å². The maximum Gasteiger partial charge on any atom is 0.272 e. The van der Waals surface area contributed by atoms with Crippen molar-refractivity contribution in [3.63, 3.8) is 0 Å². The highest BCUT2D eigenvalue weighted by Crippen LogP contribution is 2.30. The van der Waals surface area contributed by atoms with Crippen LogP contribution in [0.25, 0.3) is 10.9 Å². The van der Waals surface area contributed by atoms with Crippen molar-refractivity contribution >= 4 is 16.8 Å². The van der Waals surface area contributed by atoms with Crippen LogP contribution in [0.5, 0.6) is 0 Å². The number of fused-ring (bicyclic) bond motifs is 3. The maximum atomic E-state index is 14.3. The van der Waals surface area contributed by atoms with Gasteiger partial charge in [0.25, 0.3) is 5.91 Å². The molecule has 178 valence electrons. The van der Waals surface area contributed by atoms with E-state index in [9.17, 15) is 9.18 Å². The zero-order chi connectivity index (χ0) is 23.7. The Balaban J connectivity index is 1.31. The normalized spacial score (nSPS) is 22.5. The molecule has 2 aliphatic rings. The number of hydrogen-bond acceptors (Lipinski definition) is 4. The van der Waals surface area contributed by atoms with Gasteiger partial charge in [0, 0.05) is 35.6 Å². The molecule has 6 nitrogen and oxygen atoms in total. The van der Waals surface area contributed by atoms with Gasteiger partial charge in [-0.1, -0.05) is 48.0 Å². The molecule has 2 aliphatic heterocycles. The number of amides is 1. The lowest BCUT2D eigenvalue weighted by molar-refractivity contribution is -0.0846. The highest BCUT2D eigenvalue weighted by atomic mass is 19.1. The van der Waals surface area contributed by atoms with Crippen LogP contribution in [0.4, 0.5) is 4.39 Å². The molecule has 2 fully saturated rings. The molecule has 3 aromatic rings. The van der Waals surface area contributed by atoms with Crippen LogP contribution in [-0.2, 0) is 17.8 Å². The lowest BCUT2D eigenvalue weighted by Crippen LogP contribution is -2.60. The number of carbonyl (C=O) groups is 1. The number of aromatic nitrogens is 2. The molecule has 34 heavy (non-hydrogen) atoms. The van der Waals surface area contributed by atoms with Crippen LogP contribution in [0.2, 0.25) is 0 Å². The lowest BCUT2D eigenvalue weighted by Gasteiger charge is -2.48. The van der Waals surface area contributed by atoms with Crippen molar-refractivity contribution in [2.75, 3.05) is 13.2 Å². The Hall–Kier alpha value is -3.03. The second kappa shape index (κ2) is 9.68. The van der Waals surface area contributed by atoms with E-state index in [1.807, 2.05) is 41.1 Å². The zero-order valence-corrected chi connectivity index (χ0v) is 19.7. The zero-order valence-electron chi connectivity index (χ0n) is 19.7. The van der Waals surface area contributed by atoms with E-state index < -0.39 is 0 Å². The second-order valence-electron chi connectivity index (χ2n) is 9.58. The van der Waals surface area contributed by atoms with E-state index >= 15 is 0 Å². The summed E-state index contributed by atoms with van der Waals surface area (Å²) in [5.41, 5.74) is 3.33. The smallest absolute Gasteiger partial charge is 0.272 e. The Morgan fingerprint density at radius 3 is 2.56 bits per heavy atom. The molecule has 1 aromatic heterocycles. The van der Waals surface area contributed by atoms with Gasteiger partial charge in [-0.05, 0) is 38.8 Å². The quantitative estimate of drug-likeness (QED) is 0.555. The predicted octanol–water partition coefficient (Wildman–Crippen LogP) is 4.30. The maximum absolute atomic E-state index is 14.3. The number of piperidine rings is 1. The number of ether oxygens (including phenoxy) is 1. The van der Waals surface area contributed by atoms with Gasteiger partial charge in [0.2, 0.25) is 0 Å². The first-order valence-corrected chi connectivity index (χ1v) is 12.0. The number of nitrogens with one attached hydrogen (secondary N) is 1. The molecule has 1 amide bonds. The number of nitrogens with zero attached hydrogens (tertiary/aromatic N) is 3.